The Morgan fingerprint density at radius 1 is 1.03 bits per heavy atom. The number of aromatic nitrogens is 4. The number of tetrazole rings is 1. The number of hydrogen-bond acceptors (Lipinski definition) is 4. The van der Waals surface area contributed by atoms with E-state index in [9.17, 15) is 31.1 Å². The third-order valence-electron chi connectivity index (χ3n) is 6.83. The summed E-state index contributed by atoms with van der Waals surface area (Å²) in [6, 6.07) is 10.7. The van der Waals surface area contributed by atoms with Crippen LogP contribution in [0.5, 0.6) is 0 Å². The van der Waals surface area contributed by atoms with Crippen LogP contribution < -0.4 is 5.69 Å². The minimum atomic E-state index is -4.93. The molecule has 0 aliphatic heterocycles. The molecule has 3 aromatic rings. The van der Waals surface area contributed by atoms with E-state index < -0.39 is 40.7 Å². The third kappa shape index (κ3) is 5.48. The summed E-state index contributed by atoms with van der Waals surface area (Å²) in [5.74, 6) is 0. The number of rotatable bonds is 6. The Hall–Kier alpha value is -3.15. The van der Waals surface area contributed by atoms with Gasteiger partial charge in [0.15, 0.2) is 0 Å². The van der Waals surface area contributed by atoms with Gasteiger partial charge in [0, 0.05) is 5.41 Å². The van der Waals surface area contributed by atoms with Crippen molar-refractivity contribution in [3.05, 3.63) is 81.3 Å². The van der Waals surface area contributed by atoms with Crippen molar-refractivity contribution in [1.29, 1.82) is 0 Å². The number of alkyl halides is 6. The van der Waals surface area contributed by atoms with Crippen LogP contribution in [0.3, 0.4) is 0 Å². The molecule has 1 aliphatic rings. The lowest BCUT2D eigenvalue weighted by Gasteiger charge is -2.41. The number of nitrogens with one attached hydrogen (secondary N) is 1. The van der Waals surface area contributed by atoms with Crippen molar-refractivity contribution in [3.8, 4) is 0 Å². The van der Waals surface area contributed by atoms with Gasteiger partial charge in [-0.15, -0.1) is 0 Å². The van der Waals surface area contributed by atoms with Crippen molar-refractivity contribution >= 4 is 0 Å². The summed E-state index contributed by atoms with van der Waals surface area (Å²) in [5, 5.41) is 9.61. The number of aromatic amines is 1. The van der Waals surface area contributed by atoms with E-state index in [-0.39, 0.29) is 24.3 Å². The van der Waals surface area contributed by atoms with Crippen molar-refractivity contribution in [2.75, 3.05) is 6.61 Å². The first kappa shape index (κ1) is 25.9. The SMILES string of the molecule is C[C@@H](OCC1(c2ccccc2)CCC(n2nn[nH]c2=O)CC1)c1cc(C(F)(F)F)cc(C(F)(F)F)c1. The van der Waals surface area contributed by atoms with Crippen LogP contribution in [0, 0.1) is 0 Å². The molecular weight excluding hydrogens is 490 g/mol. The van der Waals surface area contributed by atoms with E-state index in [0.717, 1.165) is 5.56 Å². The second-order valence-corrected chi connectivity index (χ2v) is 9.12. The summed E-state index contributed by atoms with van der Waals surface area (Å²) in [6.07, 6.45) is -8.60. The van der Waals surface area contributed by atoms with E-state index in [4.69, 9.17) is 4.74 Å². The molecule has 6 nitrogen and oxygen atoms in total. The molecule has 0 saturated heterocycles. The minimum Gasteiger partial charge on any atom is -0.373 e. The fourth-order valence-electron chi connectivity index (χ4n) is 4.75. The highest BCUT2D eigenvalue weighted by atomic mass is 19.4. The highest BCUT2D eigenvalue weighted by Gasteiger charge is 2.40. The molecule has 0 spiro atoms. The molecule has 0 bridgehead atoms. The molecular formula is C24H24F6N4O2. The lowest BCUT2D eigenvalue weighted by Crippen LogP contribution is -2.39. The average molecular weight is 514 g/mol. The first-order chi connectivity index (χ1) is 16.9. The molecule has 1 aliphatic carbocycles. The van der Waals surface area contributed by atoms with E-state index in [1.807, 2.05) is 30.3 Å². The molecule has 0 radical (unpaired) electrons. The normalized spacial score (nSPS) is 21.9. The van der Waals surface area contributed by atoms with Gasteiger partial charge in [-0.05, 0) is 72.4 Å². The molecule has 12 heteroatoms. The summed E-state index contributed by atoms with van der Waals surface area (Å²) in [6.45, 7) is 1.52. The zero-order valence-electron chi connectivity index (χ0n) is 19.2. The molecule has 1 atom stereocenters. The molecule has 1 fully saturated rings. The lowest BCUT2D eigenvalue weighted by molar-refractivity contribution is -0.143. The Bertz CT molecular complexity index is 1200. The van der Waals surface area contributed by atoms with Gasteiger partial charge in [-0.1, -0.05) is 30.3 Å². The zero-order valence-corrected chi connectivity index (χ0v) is 19.2. The Labute approximate surface area is 202 Å². The zero-order chi connectivity index (χ0) is 26.1. The molecule has 1 N–H and O–H groups in total. The summed E-state index contributed by atoms with van der Waals surface area (Å²) in [4.78, 5) is 11.9. The van der Waals surface area contributed by atoms with Gasteiger partial charge in [-0.2, -0.15) is 31.0 Å². The monoisotopic (exact) mass is 514 g/mol. The topological polar surface area (TPSA) is 72.8 Å². The maximum absolute atomic E-state index is 13.3. The van der Waals surface area contributed by atoms with Gasteiger partial charge in [0.05, 0.1) is 29.9 Å². The molecule has 0 unspecified atom stereocenters. The van der Waals surface area contributed by atoms with Gasteiger partial charge in [0.2, 0.25) is 0 Å². The number of hydrogen-bond donors (Lipinski definition) is 1. The molecule has 194 valence electrons. The number of nitrogens with zero attached hydrogens (tertiary/aromatic N) is 3. The maximum Gasteiger partial charge on any atom is 0.416 e. The maximum atomic E-state index is 13.3. The summed E-state index contributed by atoms with van der Waals surface area (Å²) in [5.41, 5.74) is -2.96. The molecule has 0 amide bonds. The molecule has 1 heterocycles. The van der Waals surface area contributed by atoms with Crippen LogP contribution in [0.15, 0.2) is 53.3 Å². The Balaban J connectivity index is 1.58. The first-order valence-corrected chi connectivity index (χ1v) is 11.4. The fourth-order valence-corrected chi connectivity index (χ4v) is 4.75. The van der Waals surface area contributed by atoms with E-state index in [0.29, 0.717) is 37.8 Å². The second-order valence-electron chi connectivity index (χ2n) is 9.12. The number of benzene rings is 2. The number of ether oxygens (including phenoxy) is 1. The van der Waals surface area contributed by atoms with Crippen molar-refractivity contribution in [2.45, 2.75) is 62.5 Å². The highest BCUT2D eigenvalue weighted by molar-refractivity contribution is 5.35. The van der Waals surface area contributed by atoms with Gasteiger partial charge in [-0.3, -0.25) is 0 Å². The number of halogens is 6. The lowest BCUT2D eigenvalue weighted by atomic mass is 9.68. The van der Waals surface area contributed by atoms with Crippen LogP contribution in [0.2, 0.25) is 0 Å². The van der Waals surface area contributed by atoms with Crippen LogP contribution in [0.4, 0.5) is 26.3 Å². The highest BCUT2D eigenvalue weighted by Crippen LogP contribution is 2.44. The van der Waals surface area contributed by atoms with Gasteiger partial charge in [0.1, 0.15) is 0 Å². The second kappa shape index (κ2) is 9.72. The Morgan fingerprint density at radius 3 is 2.11 bits per heavy atom. The summed E-state index contributed by atoms with van der Waals surface area (Å²) >= 11 is 0. The van der Waals surface area contributed by atoms with Crippen molar-refractivity contribution in [2.24, 2.45) is 0 Å². The minimum absolute atomic E-state index is 0.0796. The van der Waals surface area contributed by atoms with Crippen molar-refractivity contribution in [3.63, 3.8) is 0 Å². The molecule has 36 heavy (non-hydrogen) atoms. The molecule has 1 saturated carbocycles. The van der Waals surface area contributed by atoms with Crippen LogP contribution in [-0.4, -0.2) is 26.8 Å². The van der Waals surface area contributed by atoms with E-state index in [2.05, 4.69) is 15.5 Å². The summed E-state index contributed by atoms with van der Waals surface area (Å²) < 4.78 is 87.0. The predicted molar refractivity (Wildman–Crippen MR) is 117 cm³/mol. The first-order valence-electron chi connectivity index (χ1n) is 11.4. The van der Waals surface area contributed by atoms with E-state index in [1.54, 1.807) is 0 Å². The van der Waals surface area contributed by atoms with Gasteiger partial charge in [-0.25, -0.2) is 9.89 Å². The van der Waals surface area contributed by atoms with Crippen molar-refractivity contribution < 1.29 is 31.1 Å². The smallest absolute Gasteiger partial charge is 0.373 e. The van der Waals surface area contributed by atoms with Gasteiger partial charge >= 0.3 is 18.0 Å². The third-order valence-corrected chi connectivity index (χ3v) is 6.83. The Kier molecular flexibility index (Phi) is 7.00. The van der Waals surface area contributed by atoms with Crippen LogP contribution in [0.1, 0.15) is 67.0 Å². The molecule has 1 aromatic heterocycles. The van der Waals surface area contributed by atoms with Gasteiger partial charge < -0.3 is 4.74 Å². The Morgan fingerprint density at radius 2 is 1.61 bits per heavy atom. The summed E-state index contributed by atoms with van der Waals surface area (Å²) in [7, 11) is 0. The van der Waals surface area contributed by atoms with Crippen LogP contribution in [0.25, 0.3) is 0 Å². The standard InChI is InChI=1S/C24H24F6N4O2/c1-15(16-11-18(23(25,26)27)13-19(12-16)24(28,29)30)36-14-22(17-5-3-2-4-6-17)9-7-20(8-10-22)34-21(35)31-32-33-34/h2-6,11-13,15,20H,7-10,14H2,1H3,(H,31,33,35)/t15-,20?,22?/m1/s1. The van der Waals surface area contributed by atoms with E-state index >= 15 is 0 Å². The van der Waals surface area contributed by atoms with Crippen LogP contribution in [-0.2, 0) is 22.5 Å². The largest absolute Gasteiger partial charge is 0.416 e. The number of H-pyrrole nitrogens is 1. The quantitative estimate of drug-likeness (QED) is 0.420. The van der Waals surface area contributed by atoms with E-state index in [1.165, 1.54) is 11.6 Å². The van der Waals surface area contributed by atoms with Crippen LogP contribution >= 0.6 is 0 Å². The molecule has 2 aromatic carbocycles. The predicted octanol–water partition coefficient (Wildman–Crippen LogP) is 5.83. The molecule has 4 rings (SSSR count). The fraction of sp³-hybridized carbons (Fsp3) is 0.458. The van der Waals surface area contributed by atoms with Gasteiger partial charge in [0.25, 0.3) is 0 Å². The van der Waals surface area contributed by atoms with Crippen molar-refractivity contribution in [1.82, 2.24) is 20.2 Å². The average Bonchev–Trinajstić information content (AvgIpc) is 3.27.